The van der Waals surface area contributed by atoms with Crippen LogP contribution in [0.2, 0.25) is 0 Å². The number of hydrogen-bond acceptors (Lipinski definition) is 4. The first-order valence-electron chi connectivity index (χ1n) is 8.84. The second kappa shape index (κ2) is 10.4. The van der Waals surface area contributed by atoms with E-state index in [1.807, 2.05) is 39.0 Å². The van der Waals surface area contributed by atoms with Gasteiger partial charge in [-0.15, -0.1) is 6.58 Å². The average molecular weight is 377 g/mol. The van der Waals surface area contributed by atoms with Gasteiger partial charge in [0.2, 0.25) is 5.91 Å². The minimum Gasteiger partial charge on any atom is -0.493 e. The molecule has 7 heteroatoms. The number of carbonyl (C=O) groups excluding carboxylic acids is 1. The Morgan fingerprint density at radius 1 is 1.22 bits per heavy atom. The molecule has 7 nitrogen and oxygen atoms in total. The Hall–Kier alpha value is -2.70. The zero-order valence-electron chi connectivity index (χ0n) is 17.2. The van der Waals surface area contributed by atoms with Crippen LogP contribution in [-0.2, 0) is 17.8 Å². The number of carbonyl (C=O) groups is 1. The number of benzene rings is 1. The number of nitrogens with zero attached hydrogens (tertiary/aromatic N) is 1. The van der Waals surface area contributed by atoms with Gasteiger partial charge in [0, 0.05) is 24.7 Å². The lowest BCUT2D eigenvalue weighted by atomic mass is 10.1. The maximum atomic E-state index is 11.9. The zero-order chi connectivity index (χ0) is 20.4. The number of ether oxygens (including phenoxy) is 2. The second-order valence-corrected chi connectivity index (χ2v) is 7.06. The molecule has 1 amide bonds. The third kappa shape index (κ3) is 7.60. The molecule has 0 aliphatic carbocycles. The Labute approximate surface area is 162 Å². The molecule has 0 aliphatic rings. The summed E-state index contributed by atoms with van der Waals surface area (Å²) in [4.78, 5) is 16.1. The van der Waals surface area contributed by atoms with Gasteiger partial charge >= 0.3 is 0 Å². The molecular weight excluding hydrogens is 344 g/mol. The summed E-state index contributed by atoms with van der Waals surface area (Å²) in [5.74, 6) is 1.83. The van der Waals surface area contributed by atoms with Crippen molar-refractivity contribution in [1.82, 2.24) is 16.0 Å². The predicted octanol–water partition coefficient (Wildman–Crippen LogP) is 2.01. The van der Waals surface area contributed by atoms with Gasteiger partial charge in [0.25, 0.3) is 0 Å². The van der Waals surface area contributed by atoms with E-state index in [0.717, 1.165) is 11.1 Å². The molecular formula is C20H32N4O3. The fraction of sp³-hybridized carbons (Fsp3) is 0.500. The Balaban J connectivity index is 2.76. The summed E-state index contributed by atoms with van der Waals surface area (Å²) in [6, 6.07) is 3.95. The summed E-state index contributed by atoms with van der Waals surface area (Å²) < 4.78 is 10.9. The lowest BCUT2D eigenvalue weighted by Crippen LogP contribution is -2.48. The summed E-state index contributed by atoms with van der Waals surface area (Å²) in [5, 5.41) is 9.10. The zero-order valence-corrected chi connectivity index (χ0v) is 17.2. The molecule has 150 valence electrons. The molecule has 0 bridgehead atoms. The van der Waals surface area contributed by atoms with Crippen molar-refractivity contribution in [3.05, 3.63) is 35.9 Å². The summed E-state index contributed by atoms with van der Waals surface area (Å²) in [6.45, 7) is 10.3. The fourth-order valence-corrected chi connectivity index (χ4v) is 2.55. The van der Waals surface area contributed by atoms with Crippen molar-refractivity contribution in [1.29, 1.82) is 0 Å². The topological polar surface area (TPSA) is 84.0 Å². The molecule has 0 atom stereocenters. The smallest absolute Gasteiger partial charge is 0.239 e. The Kier molecular flexibility index (Phi) is 8.65. The van der Waals surface area contributed by atoms with Gasteiger partial charge in [-0.2, -0.15) is 0 Å². The highest BCUT2D eigenvalue weighted by Gasteiger charge is 2.14. The first-order chi connectivity index (χ1) is 12.7. The molecule has 1 rings (SSSR count). The van der Waals surface area contributed by atoms with Crippen LogP contribution in [0.15, 0.2) is 29.8 Å². The Morgan fingerprint density at radius 2 is 1.93 bits per heavy atom. The van der Waals surface area contributed by atoms with Crippen LogP contribution in [-0.4, -0.2) is 45.2 Å². The molecule has 0 fully saturated rings. The van der Waals surface area contributed by atoms with Gasteiger partial charge in [-0.25, -0.2) is 0 Å². The standard InChI is InChI=1S/C20H32N4O3/c1-8-9-15-10-14(11-16(26-6)18(15)27-7)12-22-19(21-5)23-13-17(25)24-20(2,3)4/h8,10-11H,1,9,12-13H2,2-7H3,(H,24,25)(H2,21,22,23). The van der Waals surface area contributed by atoms with Crippen molar-refractivity contribution in [2.24, 2.45) is 4.99 Å². The number of aliphatic imine (C=N–C) groups is 1. The highest BCUT2D eigenvalue weighted by molar-refractivity contribution is 5.86. The molecule has 0 unspecified atom stereocenters. The number of guanidine groups is 1. The van der Waals surface area contributed by atoms with E-state index in [2.05, 4.69) is 27.5 Å². The highest BCUT2D eigenvalue weighted by Crippen LogP contribution is 2.33. The molecule has 0 saturated carbocycles. The van der Waals surface area contributed by atoms with E-state index in [1.54, 1.807) is 21.3 Å². The van der Waals surface area contributed by atoms with Gasteiger partial charge in [-0.05, 0) is 44.9 Å². The summed E-state index contributed by atoms with van der Waals surface area (Å²) in [7, 11) is 4.90. The van der Waals surface area contributed by atoms with E-state index < -0.39 is 0 Å². The minimum atomic E-state index is -0.267. The van der Waals surface area contributed by atoms with E-state index in [9.17, 15) is 4.79 Å². The number of allylic oxidation sites excluding steroid dienone is 1. The first kappa shape index (κ1) is 22.3. The van der Waals surface area contributed by atoms with Crippen LogP contribution < -0.4 is 25.4 Å². The second-order valence-electron chi connectivity index (χ2n) is 7.06. The normalized spacial score (nSPS) is 11.6. The number of amides is 1. The van der Waals surface area contributed by atoms with Gasteiger partial charge in [-0.3, -0.25) is 9.79 Å². The SMILES string of the molecule is C=CCc1cc(CNC(=NC)NCC(=O)NC(C)(C)C)cc(OC)c1OC. The van der Waals surface area contributed by atoms with Crippen molar-refractivity contribution < 1.29 is 14.3 Å². The molecule has 0 aromatic heterocycles. The third-order valence-corrected chi connectivity index (χ3v) is 3.59. The molecule has 0 aliphatic heterocycles. The largest absolute Gasteiger partial charge is 0.493 e. The first-order valence-corrected chi connectivity index (χ1v) is 8.84. The summed E-state index contributed by atoms with van der Waals surface area (Å²) in [6.07, 6.45) is 2.50. The van der Waals surface area contributed by atoms with Gasteiger partial charge in [0.15, 0.2) is 17.5 Å². The third-order valence-electron chi connectivity index (χ3n) is 3.59. The molecule has 0 spiro atoms. The molecule has 0 radical (unpaired) electrons. The maximum absolute atomic E-state index is 11.9. The van der Waals surface area contributed by atoms with Crippen molar-refractivity contribution in [2.45, 2.75) is 39.3 Å². The number of hydrogen-bond donors (Lipinski definition) is 3. The number of methoxy groups -OCH3 is 2. The van der Waals surface area contributed by atoms with Crippen molar-refractivity contribution >= 4 is 11.9 Å². The van der Waals surface area contributed by atoms with Crippen molar-refractivity contribution in [3.63, 3.8) is 0 Å². The van der Waals surface area contributed by atoms with E-state index >= 15 is 0 Å². The van der Waals surface area contributed by atoms with Crippen LogP contribution in [0.3, 0.4) is 0 Å². The van der Waals surface area contributed by atoms with Gasteiger partial charge < -0.3 is 25.4 Å². The molecule has 0 heterocycles. The fourth-order valence-electron chi connectivity index (χ4n) is 2.55. The highest BCUT2D eigenvalue weighted by atomic mass is 16.5. The van der Waals surface area contributed by atoms with Crippen LogP contribution in [0.4, 0.5) is 0 Å². The van der Waals surface area contributed by atoms with Crippen LogP contribution in [0.5, 0.6) is 11.5 Å². The maximum Gasteiger partial charge on any atom is 0.239 e. The van der Waals surface area contributed by atoms with E-state index in [4.69, 9.17) is 9.47 Å². The van der Waals surface area contributed by atoms with Crippen LogP contribution in [0.1, 0.15) is 31.9 Å². The lowest BCUT2D eigenvalue weighted by molar-refractivity contribution is -0.121. The lowest BCUT2D eigenvalue weighted by Gasteiger charge is -2.21. The molecule has 1 aromatic rings. The number of rotatable bonds is 8. The van der Waals surface area contributed by atoms with Gasteiger partial charge in [0.1, 0.15) is 0 Å². The molecule has 27 heavy (non-hydrogen) atoms. The average Bonchev–Trinajstić information content (AvgIpc) is 2.60. The van der Waals surface area contributed by atoms with E-state index in [1.165, 1.54) is 0 Å². The Morgan fingerprint density at radius 3 is 2.44 bits per heavy atom. The minimum absolute atomic E-state index is 0.0927. The van der Waals surface area contributed by atoms with E-state index in [-0.39, 0.29) is 18.0 Å². The predicted molar refractivity (Wildman–Crippen MR) is 110 cm³/mol. The summed E-state index contributed by atoms with van der Waals surface area (Å²) in [5.41, 5.74) is 1.74. The molecule has 1 aromatic carbocycles. The quantitative estimate of drug-likeness (QED) is 0.367. The van der Waals surface area contributed by atoms with Crippen LogP contribution >= 0.6 is 0 Å². The molecule has 3 N–H and O–H groups in total. The monoisotopic (exact) mass is 376 g/mol. The van der Waals surface area contributed by atoms with Crippen molar-refractivity contribution in [3.8, 4) is 11.5 Å². The van der Waals surface area contributed by atoms with E-state index in [0.29, 0.717) is 30.4 Å². The number of nitrogens with one attached hydrogen (secondary N) is 3. The van der Waals surface area contributed by atoms with Gasteiger partial charge in [-0.1, -0.05) is 6.08 Å². The molecule has 0 saturated heterocycles. The van der Waals surface area contributed by atoms with Crippen molar-refractivity contribution in [2.75, 3.05) is 27.8 Å². The van der Waals surface area contributed by atoms with Gasteiger partial charge in [0.05, 0.1) is 20.8 Å². The van der Waals surface area contributed by atoms with Crippen LogP contribution in [0, 0.1) is 0 Å². The van der Waals surface area contributed by atoms with Crippen LogP contribution in [0.25, 0.3) is 0 Å². The summed E-state index contributed by atoms with van der Waals surface area (Å²) >= 11 is 0. The Bertz CT molecular complexity index is 679.